The minimum atomic E-state index is 0.888. The van der Waals surface area contributed by atoms with Crippen molar-refractivity contribution < 1.29 is 0 Å². The van der Waals surface area contributed by atoms with Gasteiger partial charge in [-0.3, -0.25) is 0 Å². The topological polar surface area (TPSA) is 3.24 Å². The standard InChI is InChI=1S/C23H25N/c1-18-9-8-10-21(16-18)17-24(22-11-6-4-5-7-12-22)23-14-13-19(2)15-20(23)3/h4-11,13-16H,12,17H2,1-3H3. The van der Waals surface area contributed by atoms with E-state index in [0.717, 1.165) is 13.0 Å². The van der Waals surface area contributed by atoms with Gasteiger partial charge in [-0.05, 0) is 44.0 Å². The minimum Gasteiger partial charge on any atom is -0.340 e. The number of hydrogen-bond acceptors (Lipinski definition) is 1. The maximum Gasteiger partial charge on any atom is 0.0478 e. The van der Waals surface area contributed by atoms with Crippen molar-refractivity contribution in [1.82, 2.24) is 0 Å². The highest BCUT2D eigenvalue weighted by atomic mass is 15.1. The van der Waals surface area contributed by atoms with Crippen molar-refractivity contribution in [2.75, 3.05) is 4.90 Å². The zero-order valence-corrected chi connectivity index (χ0v) is 14.8. The van der Waals surface area contributed by atoms with Crippen molar-refractivity contribution in [3.63, 3.8) is 0 Å². The van der Waals surface area contributed by atoms with E-state index in [1.165, 1.54) is 33.6 Å². The highest BCUT2D eigenvalue weighted by molar-refractivity contribution is 5.59. The normalized spacial score (nSPS) is 13.5. The van der Waals surface area contributed by atoms with Gasteiger partial charge in [0, 0.05) is 24.4 Å². The highest BCUT2D eigenvalue weighted by Crippen LogP contribution is 2.29. The van der Waals surface area contributed by atoms with E-state index in [9.17, 15) is 0 Å². The van der Waals surface area contributed by atoms with Gasteiger partial charge in [-0.2, -0.15) is 0 Å². The molecule has 0 N–H and O–H groups in total. The summed E-state index contributed by atoms with van der Waals surface area (Å²) in [6.07, 6.45) is 11.8. The van der Waals surface area contributed by atoms with Gasteiger partial charge < -0.3 is 4.90 Å². The van der Waals surface area contributed by atoms with Gasteiger partial charge in [-0.15, -0.1) is 0 Å². The van der Waals surface area contributed by atoms with Crippen LogP contribution in [0.1, 0.15) is 28.7 Å². The van der Waals surface area contributed by atoms with Crippen molar-refractivity contribution in [3.8, 4) is 0 Å². The largest absolute Gasteiger partial charge is 0.340 e. The SMILES string of the molecule is Cc1cccc(CN(C2=CC=CC=CC2)c2ccc(C)cc2C)c1. The van der Waals surface area contributed by atoms with Crippen molar-refractivity contribution in [2.24, 2.45) is 0 Å². The van der Waals surface area contributed by atoms with Crippen LogP contribution in [0, 0.1) is 20.8 Å². The van der Waals surface area contributed by atoms with Crippen LogP contribution in [0.3, 0.4) is 0 Å². The van der Waals surface area contributed by atoms with E-state index < -0.39 is 0 Å². The van der Waals surface area contributed by atoms with Crippen LogP contribution in [0.5, 0.6) is 0 Å². The molecule has 0 unspecified atom stereocenters. The van der Waals surface area contributed by atoms with Crippen LogP contribution in [0.15, 0.2) is 78.5 Å². The maximum atomic E-state index is 2.45. The molecule has 1 heteroatoms. The third kappa shape index (κ3) is 3.86. The summed E-state index contributed by atoms with van der Waals surface area (Å²) in [5, 5.41) is 0. The fourth-order valence-corrected chi connectivity index (χ4v) is 3.21. The van der Waals surface area contributed by atoms with E-state index in [2.05, 4.69) is 98.5 Å². The lowest BCUT2D eigenvalue weighted by molar-refractivity contribution is 0.880. The number of anilines is 1. The van der Waals surface area contributed by atoms with Crippen molar-refractivity contribution >= 4 is 5.69 Å². The molecule has 0 saturated heterocycles. The molecule has 3 rings (SSSR count). The first-order chi connectivity index (χ1) is 11.6. The average molecular weight is 315 g/mol. The summed E-state index contributed by atoms with van der Waals surface area (Å²) in [5.41, 5.74) is 7.89. The van der Waals surface area contributed by atoms with Crippen LogP contribution < -0.4 is 4.90 Å². The van der Waals surface area contributed by atoms with E-state index in [4.69, 9.17) is 0 Å². The number of allylic oxidation sites excluding steroid dienone is 5. The molecule has 2 aromatic rings. The van der Waals surface area contributed by atoms with Gasteiger partial charge in [-0.25, -0.2) is 0 Å². The Morgan fingerprint density at radius 1 is 0.875 bits per heavy atom. The molecule has 122 valence electrons. The van der Waals surface area contributed by atoms with Crippen LogP contribution in [0.25, 0.3) is 0 Å². The molecule has 0 aromatic heterocycles. The second-order valence-corrected chi connectivity index (χ2v) is 6.54. The first-order valence-electron chi connectivity index (χ1n) is 8.56. The van der Waals surface area contributed by atoms with E-state index in [1.54, 1.807) is 0 Å². The van der Waals surface area contributed by atoms with E-state index in [1.807, 2.05) is 0 Å². The molecule has 2 aromatic carbocycles. The van der Waals surface area contributed by atoms with Crippen LogP contribution in [-0.4, -0.2) is 0 Å². The Kier molecular flexibility index (Phi) is 5.00. The second-order valence-electron chi connectivity index (χ2n) is 6.54. The molecule has 1 aliphatic carbocycles. The third-order valence-electron chi connectivity index (χ3n) is 4.39. The zero-order chi connectivity index (χ0) is 16.9. The Morgan fingerprint density at radius 3 is 2.50 bits per heavy atom. The lowest BCUT2D eigenvalue weighted by atomic mass is 10.1. The molecule has 0 saturated carbocycles. The summed E-state index contributed by atoms with van der Waals surface area (Å²) < 4.78 is 0. The number of nitrogens with zero attached hydrogens (tertiary/aromatic N) is 1. The Bertz CT molecular complexity index is 809. The predicted molar refractivity (Wildman–Crippen MR) is 104 cm³/mol. The Morgan fingerprint density at radius 2 is 1.71 bits per heavy atom. The third-order valence-corrected chi connectivity index (χ3v) is 4.39. The van der Waals surface area contributed by atoms with E-state index in [-0.39, 0.29) is 0 Å². The Hall–Kier alpha value is -2.54. The number of rotatable bonds is 4. The molecule has 0 spiro atoms. The lowest BCUT2D eigenvalue weighted by Crippen LogP contribution is -2.22. The van der Waals surface area contributed by atoms with Gasteiger partial charge in [0.25, 0.3) is 0 Å². The quantitative estimate of drug-likeness (QED) is 0.667. The average Bonchev–Trinajstić information content (AvgIpc) is 2.82. The molecule has 0 aliphatic heterocycles. The van der Waals surface area contributed by atoms with Crippen LogP contribution in [0.2, 0.25) is 0 Å². The summed E-state index contributed by atoms with van der Waals surface area (Å²) in [6, 6.07) is 15.5. The van der Waals surface area contributed by atoms with Gasteiger partial charge in [0.2, 0.25) is 0 Å². The predicted octanol–water partition coefficient (Wildman–Crippen LogP) is 6.02. The Labute approximate surface area is 145 Å². The lowest BCUT2D eigenvalue weighted by Gasteiger charge is -2.29. The van der Waals surface area contributed by atoms with Crippen LogP contribution >= 0.6 is 0 Å². The molecular weight excluding hydrogens is 290 g/mol. The van der Waals surface area contributed by atoms with Gasteiger partial charge in [0.05, 0.1) is 0 Å². The minimum absolute atomic E-state index is 0.888. The van der Waals surface area contributed by atoms with E-state index in [0.29, 0.717) is 0 Å². The van der Waals surface area contributed by atoms with Crippen molar-refractivity contribution in [3.05, 3.63) is 101 Å². The summed E-state index contributed by atoms with van der Waals surface area (Å²) >= 11 is 0. The first kappa shape index (κ1) is 16.3. The molecule has 0 amide bonds. The smallest absolute Gasteiger partial charge is 0.0478 e. The summed E-state index contributed by atoms with van der Waals surface area (Å²) in [4.78, 5) is 2.45. The highest BCUT2D eigenvalue weighted by Gasteiger charge is 2.14. The van der Waals surface area contributed by atoms with Crippen LogP contribution in [0.4, 0.5) is 5.69 Å². The fraction of sp³-hybridized carbons (Fsp3) is 0.217. The second kappa shape index (κ2) is 7.35. The van der Waals surface area contributed by atoms with Crippen LogP contribution in [-0.2, 0) is 6.54 Å². The molecule has 0 heterocycles. The first-order valence-corrected chi connectivity index (χ1v) is 8.56. The number of aryl methyl sites for hydroxylation is 3. The molecule has 0 bridgehead atoms. The summed E-state index contributed by atoms with van der Waals surface area (Å²) in [6.45, 7) is 7.40. The molecule has 24 heavy (non-hydrogen) atoms. The van der Waals surface area contributed by atoms with Gasteiger partial charge in [-0.1, -0.05) is 71.8 Å². The van der Waals surface area contributed by atoms with Gasteiger partial charge in [0.15, 0.2) is 0 Å². The maximum absolute atomic E-state index is 2.45. The molecule has 1 aliphatic rings. The molecule has 0 fully saturated rings. The molecule has 0 atom stereocenters. The monoisotopic (exact) mass is 315 g/mol. The molecular formula is C23H25N. The van der Waals surface area contributed by atoms with Crippen molar-refractivity contribution in [1.29, 1.82) is 0 Å². The molecule has 1 nitrogen and oxygen atoms in total. The summed E-state index contributed by atoms with van der Waals surface area (Å²) in [7, 11) is 0. The number of benzene rings is 2. The van der Waals surface area contributed by atoms with Crippen molar-refractivity contribution in [2.45, 2.75) is 33.7 Å². The van der Waals surface area contributed by atoms with Gasteiger partial charge >= 0.3 is 0 Å². The van der Waals surface area contributed by atoms with E-state index >= 15 is 0 Å². The summed E-state index contributed by atoms with van der Waals surface area (Å²) in [5.74, 6) is 0. The van der Waals surface area contributed by atoms with Gasteiger partial charge in [0.1, 0.15) is 0 Å². The Balaban J connectivity index is 2.01. The number of hydrogen-bond donors (Lipinski definition) is 0. The zero-order valence-electron chi connectivity index (χ0n) is 14.8. The molecule has 0 radical (unpaired) electrons. The fourth-order valence-electron chi connectivity index (χ4n) is 3.21.